The van der Waals surface area contributed by atoms with E-state index >= 15 is 0 Å². The lowest BCUT2D eigenvalue weighted by Gasteiger charge is -2.14. The zero-order valence-corrected chi connectivity index (χ0v) is 12.1. The molecule has 0 bridgehead atoms. The van der Waals surface area contributed by atoms with Crippen LogP contribution in [0, 0.1) is 0 Å². The first-order valence-corrected chi connectivity index (χ1v) is 8.13. The Morgan fingerprint density at radius 1 is 1.19 bits per heavy atom. The second-order valence-corrected chi connectivity index (χ2v) is 6.69. The van der Waals surface area contributed by atoms with Gasteiger partial charge in [-0.15, -0.1) is 0 Å². The zero-order valence-electron chi connectivity index (χ0n) is 11.3. The number of nitrogens with one attached hydrogen (secondary N) is 4. The quantitative estimate of drug-likeness (QED) is 0.599. The average molecular weight is 308 g/mol. The van der Waals surface area contributed by atoms with E-state index in [0.717, 1.165) is 25.1 Å². The smallest absolute Gasteiger partial charge is 0.313 e. The summed E-state index contributed by atoms with van der Waals surface area (Å²) in [6.45, 7) is 1.95. The third-order valence-electron chi connectivity index (χ3n) is 3.44. The van der Waals surface area contributed by atoms with Crippen molar-refractivity contribution in [1.82, 2.24) is 20.0 Å². The molecule has 3 rings (SSSR count). The summed E-state index contributed by atoms with van der Waals surface area (Å²) >= 11 is 0. The van der Waals surface area contributed by atoms with E-state index in [4.69, 9.17) is 0 Å². The van der Waals surface area contributed by atoms with Crippen LogP contribution in [0.4, 0.5) is 0 Å². The minimum Gasteiger partial charge on any atom is -0.313 e. The lowest BCUT2D eigenvalue weighted by molar-refractivity contribution is 0.582. The van der Waals surface area contributed by atoms with Gasteiger partial charge >= 0.3 is 5.69 Å². The van der Waals surface area contributed by atoms with Gasteiger partial charge in [-0.2, -0.15) is 0 Å². The Balaban J connectivity index is 1.82. The molecule has 2 aromatic rings. The molecule has 0 saturated heterocycles. The molecule has 1 aromatic heterocycles. The molecule has 1 aromatic carbocycles. The minimum atomic E-state index is -3.59. The summed E-state index contributed by atoms with van der Waals surface area (Å²) in [5.74, 6) is 0. The van der Waals surface area contributed by atoms with E-state index < -0.39 is 10.0 Å². The molecular weight excluding hydrogens is 292 g/mol. The molecular formula is C13H16N4O3S. The number of hydrogen-bond acceptors (Lipinski definition) is 4. The second kappa shape index (κ2) is 5.47. The van der Waals surface area contributed by atoms with Crippen molar-refractivity contribution in [2.24, 2.45) is 0 Å². The highest BCUT2D eigenvalue weighted by molar-refractivity contribution is 7.89. The summed E-state index contributed by atoms with van der Waals surface area (Å²) in [4.78, 5) is 16.5. The fraction of sp³-hybridized carbons (Fsp3) is 0.308. The Kier molecular flexibility index (Phi) is 3.66. The number of aromatic nitrogens is 2. The van der Waals surface area contributed by atoms with Crippen LogP contribution in [0.2, 0.25) is 0 Å². The highest BCUT2D eigenvalue weighted by atomic mass is 32.2. The SMILES string of the molecule is O=c1[nH]c2ccc(S(=O)(=O)NCC3=CCNCC3)cc2[nH]1. The van der Waals surface area contributed by atoms with Gasteiger partial charge in [0.2, 0.25) is 10.0 Å². The fourth-order valence-electron chi connectivity index (χ4n) is 2.28. The normalized spacial score (nSPS) is 16.1. The summed E-state index contributed by atoms with van der Waals surface area (Å²) in [5, 5.41) is 3.18. The molecule has 0 radical (unpaired) electrons. The van der Waals surface area contributed by atoms with E-state index in [0.29, 0.717) is 17.6 Å². The molecule has 1 aliphatic heterocycles. The molecule has 7 nitrogen and oxygen atoms in total. The van der Waals surface area contributed by atoms with Crippen LogP contribution in [0.1, 0.15) is 6.42 Å². The lowest BCUT2D eigenvalue weighted by Crippen LogP contribution is -2.29. The van der Waals surface area contributed by atoms with Crippen molar-refractivity contribution < 1.29 is 8.42 Å². The van der Waals surface area contributed by atoms with E-state index in [1.807, 2.05) is 6.08 Å². The van der Waals surface area contributed by atoms with Crippen molar-refractivity contribution in [1.29, 1.82) is 0 Å². The van der Waals surface area contributed by atoms with Crippen LogP contribution in [0.3, 0.4) is 0 Å². The van der Waals surface area contributed by atoms with Crippen molar-refractivity contribution in [2.45, 2.75) is 11.3 Å². The molecule has 8 heteroatoms. The third kappa shape index (κ3) is 3.07. The summed E-state index contributed by atoms with van der Waals surface area (Å²) < 4.78 is 27.1. The van der Waals surface area contributed by atoms with Gasteiger partial charge in [0.1, 0.15) is 0 Å². The van der Waals surface area contributed by atoms with E-state index in [1.54, 1.807) is 6.07 Å². The summed E-state index contributed by atoms with van der Waals surface area (Å²) in [6.07, 6.45) is 2.84. The number of imidazole rings is 1. The molecule has 4 N–H and O–H groups in total. The first-order valence-electron chi connectivity index (χ1n) is 6.65. The fourth-order valence-corrected chi connectivity index (χ4v) is 3.34. The van der Waals surface area contributed by atoms with Gasteiger partial charge in [-0.1, -0.05) is 11.6 Å². The number of benzene rings is 1. The van der Waals surface area contributed by atoms with Crippen LogP contribution in [0.5, 0.6) is 0 Å². The van der Waals surface area contributed by atoms with Crippen LogP contribution in [0.15, 0.2) is 39.5 Å². The third-order valence-corrected chi connectivity index (χ3v) is 4.84. The second-order valence-electron chi connectivity index (χ2n) is 4.93. The number of hydrogen-bond donors (Lipinski definition) is 4. The predicted octanol–water partition coefficient (Wildman–Crippen LogP) is 0.0542. The standard InChI is InChI=1S/C13H16N4O3S/c18-13-16-11-2-1-10(7-12(11)17-13)21(19,20)15-8-9-3-5-14-6-4-9/h1-3,7,14-15H,4-6,8H2,(H2,16,17,18). The molecule has 0 unspecified atom stereocenters. The van der Waals surface area contributed by atoms with Gasteiger partial charge in [0.05, 0.1) is 15.9 Å². The van der Waals surface area contributed by atoms with E-state index in [-0.39, 0.29) is 10.6 Å². The van der Waals surface area contributed by atoms with Gasteiger partial charge in [-0.05, 0) is 31.2 Å². The molecule has 0 atom stereocenters. The molecule has 2 heterocycles. The zero-order chi connectivity index (χ0) is 14.9. The van der Waals surface area contributed by atoms with Crippen molar-refractivity contribution >= 4 is 21.1 Å². The maximum absolute atomic E-state index is 12.3. The van der Waals surface area contributed by atoms with Crippen LogP contribution in [-0.4, -0.2) is 38.0 Å². The summed E-state index contributed by atoms with van der Waals surface area (Å²) in [5.41, 5.74) is 1.78. The Labute approximate surface area is 121 Å². The van der Waals surface area contributed by atoms with Crippen LogP contribution in [0.25, 0.3) is 11.0 Å². The van der Waals surface area contributed by atoms with Crippen LogP contribution >= 0.6 is 0 Å². The van der Waals surface area contributed by atoms with E-state index in [9.17, 15) is 13.2 Å². The largest absolute Gasteiger partial charge is 0.323 e. The predicted molar refractivity (Wildman–Crippen MR) is 79.7 cm³/mol. The number of fused-ring (bicyclic) bond motifs is 1. The molecule has 0 fully saturated rings. The average Bonchev–Trinajstić information content (AvgIpc) is 2.85. The van der Waals surface area contributed by atoms with E-state index in [1.165, 1.54) is 12.1 Å². The van der Waals surface area contributed by atoms with Gasteiger partial charge in [0, 0.05) is 13.1 Å². The van der Waals surface area contributed by atoms with Gasteiger partial charge in [-0.3, -0.25) is 0 Å². The first-order chi connectivity index (χ1) is 10.0. The first kappa shape index (κ1) is 14.1. The number of H-pyrrole nitrogens is 2. The molecule has 21 heavy (non-hydrogen) atoms. The van der Waals surface area contributed by atoms with Crippen LogP contribution < -0.4 is 15.7 Å². The Hall–Kier alpha value is -1.90. The van der Waals surface area contributed by atoms with Gasteiger partial charge < -0.3 is 15.3 Å². The van der Waals surface area contributed by atoms with E-state index in [2.05, 4.69) is 20.0 Å². The maximum atomic E-state index is 12.3. The molecule has 0 amide bonds. The molecule has 0 aliphatic carbocycles. The highest BCUT2D eigenvalue weighted by Crippen LogP contribution is 2.15. The van der Waals surface area contributed by atoms with Gasteiger partial charge in [-0.25, -0.2) is 17.9 Å². The maximum Gasteiger partial charge on any atom is 0.323 e. The van der Waals surface area contributed by atoms with Crippen molar-refractivity contribution in [3.63, 3.8) is 0 Å². The Bertz CT molecular complexity index is 848. The number of rotatable bonds is 4. The molecule has 0 saturated carbocycles. The topological polar surface area (TPSA) is 107 Å². The van der Waals surface area contributed by atoms with Crippen molar-refractivity contribution in [3.05, 3.63) is 40.3 Å². The summed E-state index contributed by atoms with van der Waals surface area (Å²) in [6, 6.07) is 4.50. The van der Waals surface area contributed by atoms with Gasteiger partial charge in [0.15, 0.2) is 0 Å². The van der Waals surface area contributed by atoms with Crippen LogP contribution in [-0.2, 0) is 10.0 Å². The molecule has 1 aliphatic rings. The molecule has 112 valence electrons. The summed E-state index contributed by atoms with van der Waals surface area (Å²) in [7, 11) is -3.59. The molecule has 0 spiro atoms. The van der Waals surface area contributed by atoms with Gasteiger partial charge in [0.25, 0.3) is 0 Å². The van der Waals surface area contributed by atoms with Crippen molar-refractivity contribution in [2.75, 3.05) is 19.6 Å². The monoisotopic (exact) mass is 308 g/mol. The highest BCUT2D eigenvalue weighted by Gasteiger charge is 2.16. The lowest BCUT2D eigenvalue weighted by atomic mass is 10.1. The Morgan fingerprint density at radius 3 is 2.76 bits per heavy atom. The van der Waals surface area contributed by atoms with Crippen molar-refractivity contribution in [3.8, 4) is 0 Å². The Morgan fingerprint density at radius 2 is 2.00 bits per heavy atom. The number of aromatic amines is 2. The minimum absolute atomic E-state index is 0.139. The number of sulfonamides is 1.